The van der Waals surface area contributed by atoms with Crippen molar-refractivity contribution >= 4 is 10.0 Å². The van der Waals surface area contributed by atoms with Gasteiger partial charge >= 0.3 is 0 Å². The zero-order chi connectivity index (χ0) is 14.0. The van der Waals surface area contributed by atoms with E-state index in [1.807, 2.05) is 30.3 Å². The largest absolute Gasteiger partial charge is 0.263 e. The average molecular weight is 292 g/mol. The molecule has 0 saturated heterocycles. The SMILES string of the molecule is O=S(=O)(NCCc1nc(-c2ccccc2)n[nH]1)C1CC1. The van der Waals surface area contributed by atoms with Gasteiger partial charge in [0, 0.05) is 18.5 Å². The molecule has 3 rings (SSSR count). The van der Waals surface area contributed by atoms with Crippen LogP contribution in [0.25, 0.3) is 11.4 Å². The van der Waals surface area contributed by atoms with E-state index < -0.39 is 10.0 Å². The summed E-state index contributed by atoms with van der Waals surface area (Å²) in [6.45, 7) is 0.349. The van der Waals surface area contributed by atoms with Crippen LogP contribution < -0.4 is 4.72 Å². The van der Waals surface area contributed by atoms with Crippen LogP contribution >= 0.6 is 0 Å². The highest BCUT2D eigenvalue weighted by atomic mass is 32.2. The van der Waals surface area contributed by atoms with E-state index in [4.69, 9.17) is 0 Å². The van der Waals surface area contributed by atoms with Crippen molar-refractivity contribution in [2.24, 2.45) is 0 Å². The van der Waals surface area contributed by atoms with Gasteiger partial charge in [0.25, 0.3) is 0 Å². The van der Waals surface area contributed by atoms with E-state index in [1.165, 1.54) is 0 Å². The van der Waals surface area contributed by atoms with Crippen LogP contribution in [0.4, 0.5) is 0 Å². The molecule has 2 aromatic rings. The molecule has 20 heavy (non-hydrogen) atoms. The summed E-state index contributed by atoms with van der Waals surface area (Å²) in [4.78, 5) is 4.36. The third-order valence-corrected chi connectivity index (χ3v) is 5.15. The van der Waals surface area contributed by atoms with E-state index in [2.05, 4.69) is 19.9 Å². The molecule has 106 valence electrons. The summed E-state index contributed by atoms with van der Waals surface area (Å²) >= 11 is 0. The number of nitrogens with zero attached hydrogens (tertiary/aromatic N) is 2. The predicted molar refractivity (Wildman–Crippen MR) is 75.5 cm³/mol. The fraction of sp³-hybridized carbons (Fsp3) is 0.385. The van der Waals surface area contributed by atoms with E-state index in [0.717, 1.165) is 18.4 Å². The molecule has 1 heterocycles. The number of hydrogen-bond acceptors (Lipinski definition) is 4. The molecular weight excluding hydrogens is 276 g/mol. The first-order chi connectivity index (χ1) is 9.65. The second-order valence-electron chi connectivity index (χ2n) is 4.86. The summed E-state index contributed by atoms with van der Waals surface area (Å²) in [6, 6.07) is 9.65. The maximum absolute atomic E-state index is 11.7. The molecule has 7 heteroatoms. The summed E-state index contributed by atoms with van der Waals surface area (Å²) in [5, 5.41) is 6.79. The van der Waals surface area contributed by atoms with Gasteiger partial charge in [-0.25, -0.2) is 18.1 Å². The molecule has 1 saturated carbocycles. The van der Waals surface area contributed by atoms with E-state index in [0.29, 0.717) is 24.6 Å². The number of sulfonamides is 1. The standard InChI is InChI=1S/C13H16N4O2S/c18-20(19,11-6-7-11)14-9-8-12-15-13(17-16-12)10-4-2-1-3-5-10/h1-5,11,14H,6-9H2,(H,15,16,17). The first-order valence-electron chi connectivity index (χ1n) is 6.60. The summed E-state index contributed by atoms with van der Waals surface area (Å²) < 4.78 is 25.9. The van der Waals surface area contributed by atoms with Gasteiger partial charge in [-0.1, -0.05) is 30.3 Å². The molecule has 1 aromatic heterocycles. The smallest absolute Gasteiger partial charge is 0.214 e. The molecule has 0 spiro atoms. The predicted octanol–water partition coefficient (Wildman–Crippen LogP) is 1.10. The first-order valence-corrected chi connectivity index (χ1v) is 8.15. The summed E-state index contributed by atoms with van der Waals surface area (Å²) in [5.41, 5.74) is 0.938. The summed E-state index contributed by atoms with van der Waals surface area (Å²) in [6.07, 6.45) is 2.05. The molecule has 1 fully saturated rings. The van der Waals surface area contributed by atoms with Crippen LogP contribution in [0.3, 0.4) is 0 Å². The van der Waals surface area contributed by atoms with Gasteiger partial charge in [-0.3, -0.25) is 5.10 Å². The van der Waals surface area contributed by atoms with Crippen molar-refractivity contribution in [2.45, 2.75) is 24.5 Å². The lowest BCUT2D eigenvalue weighted by Gasteiger charge is -2.02. The van der Waals surface area contributed by atoms with Crippen LogP contribution in [0.1, 0.15) is 18.7 Å². The fourth-order valence-corrected chi connectivity index (χ4v) is 3.31. The van der Waals surface area contributed by atoms with Crippen LogP contribution in [-0.4, -0.2) is 35.4 Å². The Morgan fingerprint density at radius 2 is 2.00 bits per heavy atom. The lowest BCUT2D eigenvalue weighted by molar-refractivity contribution is 0.579. The number of hydrogen-bond donors (Lipinski definition) is 2. The zero-order valence-corrected chi connectivity index (χ0v) is 11.7. The number of nitrogens with one attached hydrogen (secondary N) is 2. The van der Waals surface area contributed by atoms with Crippen molar-refractivity contribution in [3.05, 3.63) is 36.2 Å². The molecule has 0 amide bonds. The Morgan fingerprint density at radius 1 is 1.25 bits per heavy atom. The van der Waals surface area contributed by atoms with Gasteiger partial charge in [0.05, 0.1) is 5.25 Å². The van der Waals surface area contributed by atoms with E-state index in [-0.39, 0.29) is 5.25 Å². The molecule has 2 N–H and O–H groups in total. The zero-order valence-electron chi connectivity index (χ0n) is 10.9. The highest BCUT2D eigenvalue weighted by molar-refractivity contribution is 7.90. The minimum atomic E-state index is -3.11. The van der Waals surface area contributed by atoms with Gasteiger partial charge in [0.1, 0.15) is 5.82 Å². The van der Waals surface area contributed by atoms with Crippen LogP contribution in [0.5, 0.6) is 0 Å². The van der Waals surface area contributed by atoms with Crippen molar-refractivity contribution in [1.82, 2.24) is 19.9 Å². The highest BCUT2D eigenvalue weighted by Crippen LogP contribution is 2.27. The van der Waals surface area contributed by atoms with Gasteiger partial charge < -0.3 is 0 Å². The molecule has 0 unspecified atom stereocenters. The maximum Gasteiger partial charge on any atom is 0.214 e. The van der Waals surface area contributed by atoms with Crippen LogP contribution in [0, 0.1) is 0 Å². The van der Waals surface area contributed by atoms with Crippen LogP contribution in [-0.2, 0) is 16.4 Å². The van der Waals surface area contributed by atoms with Gasteiger partial charge in [-0.15, -0.1) is 0 Å². The normalized spacial score (nSPS) is 15.4. The Labute approximate surface area is 117 Å². The Bertz CT molecular complexity index is 677. The van der Waals surface area contributed by atoms with Crippen molar-refractivity contribution in [2.75, 3.05) is 6.54 Å². The van der Waals surface area contributed by atoms with Gasteiger partial charge in [-0.05, 0) is 12.8 Å². The summed E-state index contributed by atoms with van der Waals surface area (Å²) in [5.74, 6) is 1.31. The van der Waals surface area contributed by atoms with Crippen molar-refractivity contribution in [3.63, 3.8) is 0 Å². The number of H-pyrrole nitrogens is 1. The maximum atomic E-state index is 11.7. The lowest BCUT2D eigenvalue weighted by Crippen LogP contribution is -2.29. The number of aromatic amines is 1. The van der Waals surface area contributed by atoms with E-state index >= 15 is 0 Å². The average Bonchev–Trinajstić information content (AvgIpc) is 3.21. The van der Waals surface area contributed by atoms with Gasteiger partial charge in [0.15, 0.2) is 5.82 Å². The Kier molecular flexibility index (Phi) is 3.54. The monoisotopic (exact) mass is 292 g/mol. The lowest BCUT2D eigenvalue weighted by atomic mass is 10.2. The molecule has 1 aliphatic carbocycles. The third kappa shape index (κ3) is 3.05. The van der Waals surface area contributed by atoms with E-state index in [9.17, 15) is 8.42 Å². The molecule has 1 aliphatic rings. The Balaban J connectivity index is 1.58. The second-order valence-corrected chi connectivity index (χ2v) is 6.91. The number of rotatable bonds is 6. The Morgan fingerprint density at radius 3 is 2.70 bits per heavy atom. The molecule has 0 aliphatic heterocycles. The molecule has 0 bridgehead atoms. The first kappa shape index (κ1) is 13.3. The number of aromatic nitrogens is 3. The molecule has 6 nitrogen and oxygen atoms in total. The van der Waals surface area contributed by atoms with Crippen molar-refractivity contribution < 1.29 is 8.42 Å². The molecule has 0 atom stereocenters. The molecular formula is C13H16N4O2S. The van der Waals surface area contributed by atoms with E-state index in [1.54, 1.807) is 0 Å². The summed E-state index contributed by atoms with van der Waals surface area (Å²) in [7, 11) is -3.11. The number of benzene rings is 1. The van der Waals surface area contributed by atoms with Crippen LogP contribution in [0.15, 0.2) is 30.3 Å². The minimum Gasteiger partial charge on any atom is -0.263 e. The Hall–Kier alpha value is -1.73. The molecule has 0 radical (unpaired) electrons. The third-order valence-electron chi connectivity index (χ3n) is 3.19. The van der Waals surface area contributed by atoms with Crippen molar-refractivity contribution in [1.29, 1.82) is 0 Å². The van der Waals surface area contributed by atoms with Crippen LogP contribution in [0.2, 0.25) is 0 Å². The fourth-order valence-electron chi connectivity index (χ4n) is 1.93. The second kappa shape index (κ2) is 5.34. The highest BCUT2D eigenvalue weighted by Gasteiger charge is 2.35. The van der Waals surface area contributed by atoms with Gasteiger partial charge in [0.2, 0.25) is 10.0 Å². The topological polar surface area (TPSA) is 87.7 Å². The van der Waals surface area contributed by atoms with Gasteiger partial charge in [-0.2, -0.15) is 5.10 Å². The molecule has 1 aromatic carbocycles. The quantitative estimate of drug-likeness (QED) is 0.834. The minimum absolute atomic E-state index is 0.183. The van der Waals surface area contributed by atoms with Crippen molar-refractivity contribution in [3.8, 4) is 11.4 Å².